The number of ether oxygens (including phenoxy) is 1. The molecular formula is C18H18N2O4. The fraction of sp³-hybridized carbons (Fsp3) is 0.167. The summed E-state index contributed by atoms with van der Waals surface area (Å²) < 4.78 is 5.03. The molecule has 0 aliphatic carbocycles. The number of nitrogens with two attached hydrogens (primary N) is 1. The molecule has 0 unspecified atom stereocenters. The molecule has 0 fully saturated rings. The fourth-order valence-corrected chi connectivity index (χ4v) is 2.17. The molecule has 2 amide bonds. The van der Waals surface area contributed by atoms with Gasteiger partial charge in [0.1, 0.15) is 5.75 Å². The van der Waals surface area contributed by atoms with E-state index < -0.39 is 5.91 Å². The van der Waals surface area contributed by atoms with Crippen LogP contribution < -0.4 is 15.8 Å². The topological polar surface area (TPSA) is 98.5 Å². The van der Waals surface area contributed by atoms with Crippen LogP contribution >= 0.6 is 0 Å². The number of primary amides is 1. The maximum Gasteiger partial charge on any atom is 0.250 e. The van der Waals surface area contributed by atoms with Crippen LogP contribution in [0.2, 0.25) is 0 Å². The lowest BCUT2D eigenvalue weighted by atomic mass is 10.1. The summed E-state index contributed by atoms with van der Waals surface area (Å²) in [5.41, 5.74) is 6.34. The molecular weight excluding hydrogens is 308 g/mol. The lowest BCUT2D eigenvalue weighted by Gasteiger charge is -2.08. The molecule has 0 radical (unpaired) electrons. The van der Waals surface area contributed by atoms with E-state index in [1.165, 1.54) is 6.07 Å². The van der Waals surface area contributed by atoms with Crippen LogP contribution in [0.15, 0.2) is 48.5 Å². The number of carbonyl (C=O) groups excluding carboxylic acids is 3. The van der Waals surface area contributed by atoms with Crippen LogP contribution in [0.25, 0.3) is 0 Å². The number of rotatable bonds is 7. The number of amides is 2. The average Bonchev–Trinajstić information content (AvgIpc) is 2.60. The summed E-state index contributed by atoms with van der Waals surface area (Å²) in [5, 5.41) is 2.60. The minimum atomic E-state index is -0.625. The highest BCUT2D eigenvalue weighted by molar-refractivity contribution is 6.04. The van der Waals surface area contributed by atoms with Gasteiger partial charge < -0.3 is 15.8 Å². The minimum Gasteiger partial charge on any atom is -0.497 e. The third kappa shape index (κ3) is 4.42. The Morgan fingerprint density at radius 2 is 1.67 bits per heavy atom. The van der Waals surface area contributed by atoms with E-state index in [0.29, 0.717) is 17.0 Å². The molecule has 2 aromatic rings. The molecule has 3 N–H and O–H groups in total. The molecule has 0 saturated carbocycles. The van der Waals surface area contributed by atoms with Gasteiger partial charge in [-0.3, -0.25) is 14.4 Å². The average molecular weight is 326 g/mol. The molecule has 6 heteroatoms. The van der Waals surface area contributed by atoms with Crippen LogP contribution in [0.3, 0.4) is 0 Å². The number of carbonyl (C=O) groups is 3. The number of para-hydroxylation sites is 1. The van der Waals surface area contributed by atoms with Crippen LogP contribution in [-0.2, 0) is 4.79 Å². The number of methoxy groups -OCH3 is 1. The van der Waals surface area contributed by atoms with Crippen molar-refractivity contribution in [2.24, 2.45) is 5.73 Å². The van der Waals surface area contributed by atoms with Crippen molar-refractivity contribution in [2.45, 2.75) is 12.8 Å². The standard InChI is InChI=1S/C18H18N2O4/c1-24-13-8-6-12(7-9-13)16(21)10-11-17(22)20-15-5-3-2-4-14(15)18(19)23/h2-9H,10-11H2,1H3,(H2,19,23)(H,20,22). The minimum absolute atomic E-state index is 0.0119. The first kappa shape index (κ1) is 17.2. The van der Waals surface area contributed by atoms with Gasteiger partial charge in [0.15, 0.2) is 5.78 Å². The van der Waals surface area contributed by atoms with Gasteiger partial charge in [-0.15, -0.1) is 0 Å². The summed E-state index contributed by atoms with van der Waals surface area (Å²) >= 11 is 0. The van der Waals surface area contributed by atoms with Crippen LogP contribution in [0, 0.1) is 0 Å². The maximum absolute atomic E-state index is 12.1. The van der Waals surface area contributed by atoms with Crippen LogP contribution in [0.4, 0.5) is 5.69 Å². The molecule has 0 heterocycles. The van der Waals surface area contributed by atoms with E-state index in [0.717, 1.165) is 0 Å². The van der Waals surface area contributed by atoms with Gasteiger partial charge in [-0.25, -0.2) is 0 Å². The maximum atomic E-state index is 12.1. The van der Waals surface area contributed by atoms with Gasteiger partial charge in [0.2, 0.25) is 5.91 Å². The monoisotopic (exact) mass is 326 g/mol. The van der Waals surface area contributed by atoms with Crippen molar-refractivity contribution in [1.82, 2.24) is 0 Å². The Bertz CT molecular complexity index is 754. The first-order valence-electron chi connectivity index (χ1n) is 7.37. The van der Waals surface area contributed by atoms with Gasteiger partial charge in [0, 0.05) is 18.4 Å². The Morgan fingerprint density at radius 3 is 2.29 bits per heavy atom. The lowest BCUT2D eigenvalue weighted by Crippen LogP contribution is -2.18. The number of nitrogens with one attached hydrogen (secondary N) is 1. The predicted molar refractivity (Wildman–Crippen MR) is 90.1 cm³/mol. The van der Waals surface area contributed by atoms with Crippen molar-refractivity contribution >= 4 is 23.3 Å². The van der Waals surface area contributed by atoms with E-state index in [1.807, 2.05) is 0 Å². The van der Waals surface area contributed by atoms with Gasteiger partial charge in [-0.05, 0) is 36.4 Å². The van der Waals surface area contributed by atoms with Crippen molar-refractivity contribution in [3.63, 3.8) is 0 Å². The third-order valence-electron chi connectivity index (χ3n) is 3.46. The molecule has 6 nitrogen and oxygen atoms in total. The Balaban J connectivity index is 1.93. The number of anilines is 1. The fourth-order valence-electron chi connectivity index (χ4n) is 2.17. The summed E-state index contributed by atoms with van der Waals surface area (Å²) in [6, 6.07) is 13.1. The smallest absolute Gasteiger partial charge is 0.250 e. The summed E-state index contributed by atoms with van der Waals surface area (Å²) in [7, 11) is 1.55. The molecule has 0 aliphatic rings. The summed E-state index contributed by atoms with van der Waals surface area (Å²) in [6.07, 6.45) is 0.0782. The molecule has 0 saturated heterocycles. The zero-order valence-corrected chi connectivity index (χ0v) is 13.2. The number of hydrogen-bond donors (Lipinski definition) is 2. The Labute approximate surface area is 139 Å². The van der Waals surface area contributed by atoms with E-state index in [4.69, 9.17) is 10.5 Å². The normalized spacial score (nSPS) is 10.0. The quantitative estimate of drug-likeness (QED) is 0.763. The van der Waals surface area contributed by atoms with Crippen LogP contribution in [-0.4, -0.2) is 24.7 Å². The molecule has 124 valence electrons. The molecule has 2 aromatic carbocycles. The van der Waals surface area contributed by atoms with Crippen molar-refractivity contribution in [3.8, 4) is 5.75 Å². The second-order valence-corrected chi connectivity index (χ2v) is 5.11. The highest BCUT2D eigenvalue weighted by atomic mass is 16.5. The molecule has 0 atom stereocenters. The second-order valence-electron chi connectivity index (χ2n) is 5.11. The second kappa shape index (κ2) is 7.92. The lowest BCUT2D eigenvalue weighted by molar-refractivity contribution is -0.116. The van der Waals surface area contributed by atoms with E-state index in [9.17, 15) is 14.4 Å². The zero-order valence-electron chi connectivity index (χ0n) is 13.2. The van der Waals surface area contributed by atoms with E-state index >= 15 is 0 Å². The third-order valence-corrected chi connectivity index (χ3v) is 3.46. The summed E-state index contributed by atoms with van der Waals surface area (Å²) in [4.78, 5) is 35.4. The number of hydrogen-bond acceptors (Lipinski definition) is 4. The van der Waals surface area contributed by atoms with E-state index in [2.05, 4.69) is 5.32 Å². The Morgan fingerprint density at radius 1 is 1.00 bits per heavy atom. The molecule has 0 bridgehead atoms. The van der Waals surface area contributed by atoms with Crippen molar-refractivity contribution in [3.05, 3.63) is 59.7 Å². The van der Waals surface area contributed by atoms with Gasteiger partial charge in [-0.1, -0.05) is 12.1 Å². The first-order chi connectivity index (χ1) is 11.5. The predicted octanol–water partition coefficient (Wildman–Crippen LogP) is 2.40. The van der Waals surface area contributed by atoms with E-state index in [-0.39, 0.29) is 30.1 Å². The SMILES string of the molecule is COc1ccc(C(=O)CCC(=O)Nc2ccccc2C(N)=O)cc1. The Kier molecular flexibility index (Phi) is 5.68. The molecule has 0 aromatic heterocycles. The Hall–Kier alpha value is -3.15. The summed E-state index contributed by atoms with van der Waals surface area (Å²) in [6.45, 7) is 0. The van der Waals surface area contributed by atoms with Gasteiger partial charge >= 0.3 is 0 Å². The van der Waals surface area contributed by atoms with Gasteiger partial charge in [-0.2, -0.15) is 0 Å². The van der Waals surface area contributed by atoms with Crippen molar-refractivity contribution in [1.29, 1.82) is 0 Å². The van der Waals surface area contributed by atoms with Crippen LogP contribution in [0.5, 0.6) is 5.75 Å². The zero-order chi connectivity index (χ0) is 17.5. The molecule has 2 rings (SSSR count). The molecule has 0 aliphatic heterocycles. The van der Waals surface area contributed by atoms with Gasteiger partial charge in [0.05, 0.1) is 18.4 Å². The van der Waals surface area contributed by atoms with E-state index in [1.54, 1.807) is 49.6 Å². The number of ketones is 1. The van der Waals surface area contributed by atoms with Crippen LogP contribution in [0.1, 0.15) is 33.6 Å². The molecule has 0 spiro atoms. The number of Topliss-reactive ketones (excluding diaryl/α,β-unsaturated/α-hetero) is 1. The molecule has 24 heavy (non-hydrogen) atoms. The van der Waals surface area contributed by atoms with Crippen molar-refractivity contribution < 1.29 is 19.1 Å². The highest BCUT2D eigenvalue weighted by Crippen LogP contribution is 2.16. The summed E-state index contributed by atoms with van der Waals surface area (Å²) in [5.74, 6) is -0.464. The largest absolute Gasteiger partial charge is 0.497 e. The first-order valence-corrected chi connectivity index (χ1v) is 7.37. The number of benzene rings is 2. The van der Waals surface area contributed by atoms with Crippen molar-refractivity contribution in [2.75, 3.05) is 12.4 Å². The highest BCUT2D eigenvalue weighted by Gasteiger charge is 2.12. The van der Waals surface area contributed by atoms with Gasteiger partial charge in [0.25, 0.3) is 5.91 Å².